The number of hydrogen-bond donors (Lipinski definition) is 0. The zero-order chi connectivity index (χ0) is 26.1. The van der Waals surface area contributed by atoms with Gasteiger partial charge in [0.15, 0.2) is 9.84 Å². The van der Waals surface area contributed by atoms with Crippen LogP contribution in [-0.2, 0) is 22.6 Å². The Balaban J connectivity index is 1.57. The van der Waals surface area contributed by atoms with Gasteiger partial charge >= 0.3 is 6.18 Å². The molecule has 0 atom stereocenters. The van der Waals surface area contributed by atoms with Crippen LogP contribution in [0.4, 0.5) is 13.2 Å². The lowest BCUT2D eigenvalue weighted by Gasteiger charge is -2.60. The van der Waals surface area contributed by atoms with Crippen molar-refractivity contribution in [2.45, 2.75) is 64.4 Å². The van der Waals surface area contributed by atoms with Gasteiger partial charge in [-0.1, -0.05) is 51.1 Å². The first kappa shape index (κ1) is 25.1. The second kappa shape index (κ2) is 8.20. The van der Waals surface area contributed by atoms with Gasteiger partial charge in [-0.05, 0) is 60.8 Å². The van der Waals surface area contributed by atoms with E-state index in [1.54, 1.807) is 25.1 Å². The number of benzene rings is 2. The first-order valence-corrected chi connectivity index (χ1v) is 13.9. The van der Waals surface area contributed by atoms with Gasteiger partial charge in [0.25, 0.3) is 0 Å². The zero-order valence-electron chi connectivity index (χ0n) is 21.0. The molecule has 1 heterocycles. The third-order valence-electron chi connectivity index (χ3n) is 7.57. The summed E-state index contributed by atoms with van der Waals surface area (Å²) >= 11 is 0. The number of fused-ring (bicyclic) bond motifs is 1. The molecule has 2 aromatic carbocycles. The molecule has 3 saturated carbocycles. The maximum Gasteiger partial charge on any atom is 0.417 e. The number of alkyl halides is 3. The third-order valence-corrected chi connectivity index (χ3v) is 9.86. The Hall–Kier alpha value is -2.61. The van der Waals surface area contributed by atoms with Crippen molar-refractivity contribution in [3.8, 4) is 11.1 Å². The van der Waals surface area contributed by atoms with Gasteiger partial charge in [0, 0.05) is 34.9 Å². The summed E-state index contributed by atoms with van der Waals surface area (Å²) in [5.41, 5.74) is 2.08. The van der Waals surface area contributed by atoms with E-state index in [-0.39, 0.29) is 16.9 Å². The maximum absolute atomic E-state index is 13.7. The summed E-state index contributed by atoms with van der Waals surface area (Å²) < 4.78 is 68.3. The minimum atomic E-state index is -4.46. The number of aromatic nitrogens is 1. The molecule has 6 rings (SSSR count). The molecule has 3 fully saturated rings. The molecule has 2 bridgehead atoms. The molecule has 0 unspecified atom stereocenters. The molecule has 4 nitrogen and oxygen atoms in total. The molecule has 0 saturated heterocycles. The molecular formula is C28H31F3N2O2S. The van der Waals surface area contributed by atoms with E-state index < -0.39 is 26.3 Å². The number of halogens is 3. The number of nitrogens with zero attached hydrogens (tertiary/aromatic N) is 2. The SMILES string of the molecule is CC(=NCS(=O)(=O)C12CC(C1)C2)c1cn(CC(C)(C)C)c2cc(-c3ccccc3C(F)(F)F)ccc12. The molecule has 3 aliphatic carbocycles. The van der Waals surface area contributed by atoms with Crippen molar-refractivity contribution < 1.29 is 21.6 Å². The predicted molar refractivity (Wildman–Crippen MR) is 138 cm³/mol. The van der Waals surface area contributed by atoms with Gasteiger partial charge in [-0.3, -0.25) is 4.99 Å². The van der Waals surface area contributed by atoms with E-state index in [1.165, 1.54) is 12.1 Å². The number of aliphatic imine (C=N–C) groups is 1. The molecule has 3 aromatic rings. The molecule has 0 aliphatic heterocycles. The highest BCUT2D eigenvalue weighted by Crippen LogP contribution is 2.62. The molecule has 8 heteroatoms. The van der Waals surface area contributed by atoms with Crippen molar-refractivity contribution in [2.75, 3.05) is 5.88 Å². The molecule has 0 radical (unpaired) electrons. The Labute approximate surface area is 210 Å². The van der Waals surface area contributed by atoms with Gasteiger partial charge in [0.05, 0.1) is 10.3 Å². The van der Waals surface area contributed by atoms with E-state index in [9.17, 15) is 21.6 Å². The zero-order valence-corrected chi connectivity index (χ0v) is 21.8. The largest absolute Gasteiger partial charge is 0.417 e. The van der Waals surface area contributed by atoms with Crippen LogP contribution >= 0.6 is 0 Å². The van der Waals surface area contributed by atoms with E-state index in [2.05, 4.69) is 25.8 Å². The van der Waals surface area contributed by atoms with E-state index in [1.807, 2.05) is 16.8 Å². The Morgan fingerprint density at radius 2 is 1.75 bits per heavy atom. The van der Waals surface area contributed by atoms with Gasteiger partial charge in [-0.2, -0.15) is 13.2 Å². The van der Waals surface area contributed by atoms with Crippen LogP contribution in [0.15, 0.2) is 53.7 Å². The lowest BCUT2D eigenvalue weighted by Crippen LogP contribution is -2.63. The van der Waals surface area contributed by atoms with E-state index in [0.29, 0.717) is 23.7 Å². The summed E-state index contributed by atoms with van der Waals surface area (Å²) in [6, 6.07) is 10.9. The van der Waals surface area contributed by atoms with Crippen LogP contribution in [0, 0.1) is 11.3 Å². The summed E-state index contributed by atoms with van der Waals surface area (Å²) in [5, 5.41) is 0.844. The third kappa shape index (κ3) is 4.27. The molecule has 0 N–H and O–H groups in total. The van der Waals surface area contributed by atoms with Gasteiger partial charge in [0.2, 0.25) is 0 Å². The lowest BCUT2D eigenvalue weighted by atomic mass is 9.55. The van der Waals surface area contributed by atoms with Gasteiger partial charge < -0.3 is 4.57 Å². The summed E-state index contributed by atoms with van der Waals surface area (Å²) in [4.78, 5) is 4.49. The monoisotopic (exact) mass is 516 g/mol. The van der Waals surface area contributed by atoms with Crippen molar-refractivity contribution in [1.29, 1.82) is 0 Å². The Morgan fingerprint density at radius 1 is 1.08 bits per heavy atom. The molecule has 3 aliphatic rings. The summed E-state index contributed by atoms with van der Waals surface area (Å²) in [6.45, 7) is 8.74. The first-order valence-electron chi connectivity index (χ1n) is 12.2. The highest BCUT2D eigenvalue weighted by molar-refractivity contribution is 7.92. The molecule has 1 aromatic heterocycles. The molecule has 192 valence electrons. The van der Waals surface area contributed by atoms with Gasteiger partial charge in [0.1, 0.15) is 5.88 Å². The van der Waals surface area contributed by atoms with Crippen molar-refractivity contribution in [1.82, 2.24) is 4.57 Å². The standard InChI is InChI=1S/C28H31F3N2O2S/c1-18(32-17-36(34,35)27-12-19(13-27)14-27)23-15-33(16-26(2,3)4)25-11-20(9-10-22(23)25)21-7-5-6-8-24(21)28(29,30)31/h5-11,15,19H,12-14,16-17H2,1-4H3. The minimum Gasteiger partial charge on any atom is -0.346 e. The van der Waals surface area contributed by atoms with Crippen LogP contribution in [0.2, 0.25) is 0 Å². The topological polar surface area (TPSA) is 51.4 Å². The van der Waals surface area contributed by atoms with Crippen molar-refractivity contribution in [2.24, 2.45) is 16.3 Å². The van der Waals surface area contributed by atoms with Crippen LogP contribution in [0.5, 0.6) is 0 Å². The second-order valence-corrected chi connectivity index (χ2v) is 14.0. The molecule has 36 heavy (non-hydrogen) atoms. The lowest BCUT2D eigenvalue weighted by molar-refractivity contribution is -0.137. The summed E-state index contributed by atoms with van der Waals surface area (Å²) in [5.74, 6) is 0.339. The molecular weight excluding hydrogens is 485 g/mol. The smallest absolute Gasteiger partial charge is 0.346 e. The fourth-order valence-corrected chi connectivity index (χ4v) is 7.66. The molecule has 0 spiro atoms. The highest BCUT2D eigenvalue weighted by Gasteiger charge is 2.64. The van der Waals surface area contributed by atoms with Crippen molar-refractivity contribution in [3.63, 3.8) is 0 Å². The average Bonchev–Trinajstić information content (AvgIpc) is 3.05. The van der Waals surface area contributed by atoms with Crippen LogP contribution in [0.1, 0.15) is 58.1 Å². The minimum absolute atomic E-state index is 0.0817. The summed E-state index contributed by atoms with van der Waals surface area (Å²) in [7, 11) is -3.30. The second-order valence-electron chi connectivity index (χ2n) is 11.7. The normalized spacial score (nSPS) is 22.4. The first-order chi connectivity index (χ1) is 16.7. The number of rotatable bonds is 6. The predicted octanol–water partition coefficient (Wildman–Crippen LogP) is 7.11. The van der Waals surface area contributed by atoms with Crippen LogP contribution in [-0.4, -0.2) is 29.3 Å². The quantitative estimate of drug-likeness (QED) is 0.328. The van der Waals surface area contributed by atoms with Gasteiger partial charge in [-0.25, -0.2) is 8.42 Å². The highest BCUT2D eigenvalue weighted by atomic mass is 32.2. The molecule has 0 amide bonds. The van der Waals surface area contributed by atoms with Crippen molar-refractivity contribution in [3.05, 3.63) is 59.8 Å². The number of sulfone groups is 1. The van der Waals surface area contributed by atoms with E-state index >= 15 is 0 Å². The fraction of sp³-hybridized carbons (Fsp3) is 0.464. The van der Waals surface area contributed by atoms with Crippen LogP contribution in [0.3, 0.4) is 0 Å². The van der Waals surface area contributed by atoms with Crippen molar-refractivity contribution >= 4 is 26.5 Å². The number of hydrogen-bond acceptors (Lipinski definition) is 3. The van der Waals surface area contributed by atoms with Crippen LogP contribution < -0.4 is 0 Å². The van der Waals surface area contributed by atoms with Crippen LogP contribution in [0.25, 0.3) is 22.0 Å². The van der Waals surface area contributed by atoms with E-state index in [4.69, 9.17) is 0 Å². The fourth-order valence-electron chi connectivity index (χ4n) is 5.56. The maximum atomic E-state index is 13.7. The van der Waals surface area contributed by atoms with E-state index in [0.717, 1.165) is 41.8 Å². The summed E-state index contributed by atoms with van der Waals surface area (Å²) in [6.07, 6.45) is -0.230. The average molecular weight is 517 g/mol. The van der Waals surface area contributed by atoms with Gasteiger partial charge in [-0.15, -0.1) is 0 Å². The Kier molecular flexibility index (Phi) is 5.71. The Morgan fingerprint density at radius 3 is 2.33 bits per heavy atom. The Bertz CT molecular complexity index is 1460.